The van der Waals surface area contributed by atoms with Crippen LogP contribution in [0.1, 0.15) is 57.1 Å². The number of nitrogens with one attached hydrogen (secondary N) is 1. The van der Waals surface area contributed by atoms with Gasteiger partial charge in [-0.05, 0) is 49.2 Å². The molecular formula is C23H30Cl3NO2. The van der Waals surface area contributed by atoms with E-state index in [2.05, 4.69) is 12.2 Å². The molecule has 0 amide bonds. The number of hydrogen-bond donors (Lipinski definition) is 1. The molecule has 2 aromatic rings. The highest BCUT2D eigenvalue weighted by Gasteiger charge is 2.12. The fraction of sp³-hybridized carbons (Fsp3) is 0.478. The molecule has 160 valence electrons. The molecule has 0 aliphatic carbocycles. The molecule has 0 aliphatic heterocycles. The zero-order valence-electron chi connectivity index (χ0n) is 17.2. The highest BCUT2D eigenvalue weighted by Crippen LogP contribution is 2.34. The minimum atomic E-state index is 0.350. The lowest BCUT2D eigenvalue weighted by Gasteiger charge is -2.15. The number of unbranched alkanes of at least 4 members (excludes halogenated alkanes) is 4. The minimum Gasteiger partial charge on any atom is -0.490 e. The number of halogens is 3. The third-order valence-electron chi connectivity index (χ3n) is 4.56. The van der Waals surface area contributed by atoms with E-state index < -0.39 is 0 Å². The molecule has 0 spiro atoms. The van der Waals surface area contributed by atoms with Gasteiger partial charge in [-0.15, -0.1) is 0 Å². The van der Waals surface area contributed by atoms with Crippen LogP contribution >= 0.6 is 34.8 Å². The van der Waals surface area contributed by atoms with Gasteiger partial charge in [-0.1, -0.05) is 73.5 Å². The average molecular weight is 459 g/mol. The molecule has 0 bridgehead atoms. The van der Waals surface area contributed by atoms with E-state index in [1.807, 2.05) is 25.1 Å². The summed E-state index contributed by atoms with van der Waals surface area (Å²) >= 11 is 18.5. The Hall–Kier alpha value is -1.13. The van der Waals surface area contributed by atoms with Crippen LogP contribution in [0.15, 0.2) is 30.3 Å². The molecule has 0 saturated heterocycles. The first-order valence-corrected chi connectivity index (χ1v) is 11.4. The number of benzene rings is 2. The smallest absolute Gasteiger partial charge is 0.163 e. The SMILES string of the molecule is CCCCCCCNCc1cc(OCC)c(OCc2ccc(Cl)c(Cl)c2)cc1Cl. The van der Waals surface area contributed by atoms with Crippen molar-refractivity contribution < 1.29 is 9.47 Å². The zero-order chi connectivity index (χ0) is 21.1. The van der Waals surface area contributed by atoms with Crippen molar-refractivity contribution in [2.45, 2.75) is 59.1 Å². The molecule has 0 radical (unpaired) electrons. The maximum Gasteiger partial charge on any atom is 0.163 e. The first-order valence-electron chi connectivity index (χ1n) is 10.3. The Morgan fingerprint density at radius 3 is 2.28 bits per heavy atom. The monoisotopic (exact) mass is 457 g/mol. The molecule has 0 saturated carbocycles. The molecular weight excluding hydrogens is 429 g/mol. The number of hydrogen-bond acceptors (Lipinski definition) is 3. The van der Waals surface area contributed by atoms with Gasteiger partial charge < -0.3 is 14.8 Å². The number of rotatable bonds is 13. The van der Waals surface area contributed by atoms with Crippen LogP contribution in [0.25, 0.3) is 0 Å². The van der Waals surface area contributed by atoms with Crippen LogP contribution in [0.3, 0.4) is 0 Å². The predicted molar refractivity (Wildman–Crippen MR) is 124 cm³/mol. The first kappa shape index (κ1) is 24.1. The van der Waals surface area contributed by atoms with Crippen molar-refractivity contribution in [1.82, 2.24) is 5.32 Å². The summed E-state index contributed by atoms with van der Waals surface area (Å²) in [6, 6.07) is 9.22. The minimum absolute atomic E-state index is 0.350. The Bertz CT molecular complexity index is 768. The first-order chi connectivity index (χ1) is 14.0. The molecule has 2 rings (SSSR count). The van der Waals surface area contributed by atoms with E-state index in [1.165, 1.54) is 32.1 Å². The van der Waals surface area contributed by atoms with Gasteiger partial charge in [0.05, 0.1) is 16.7 Å². The molecule has 6 heteroatoms. The van der Waals surface area contributed by atoms with Gasteiger partial charge in [0.15, 0.2) is 11.5 Å². The molecule has 0 unspecified atom stereocenters. The lowest BCUT2D eigenvalue weighted by Crippen LogP contribution is -2.15. The molecule has 0 aliphatic rings. The van der Waals surface area contributed by atoms with Crippen LogP contribution in [-0.4, -0.2) is 13.2 Å². The molecule has 0 fully saturated rings. The Morgan fingerprint density at radius 2 is 1.55 bits per heavy atom. The largest absolute Gasteiger partial charge is 0.490 e. The lowest BCUT2D eigenvalue weighted by atomic mass is 10.1. The van der Waals surface area contributed by atoms with E-state index >= 15 is 0 Å². The van der Waals surface area contributed by atoms with Crippen LogP contribution in [0.5, 0.6) is 11.5 Å². The molecule has 2 aromatic carbocycles. The third kappa shape index (κ3) is 8.25. The van der Waals surface area contributed by atoms with Crippen molar-refractivity contribution in [2.75, 3.05) is 13.2 Å². The summed E-state index contributed by atoms with van der Waals surface area (Å²) in [7, 11) is 0. The van der Waals surface area contributed by atoms with Crippen LogP contribution in [0.2, 0.25) is 15.1 Å². The van der Waals surface area contributed by atoms with E-state index in [0.29, 0.717) is 46.3 Å². The normalized spacial score (nSPS) is 10.9. The number of ether oxygens (including phenoxy) is 2. The van der Waals surface area contributed by atoms with Gasteiger partial charge in [-0.3, -0.25) is 0 Å². The highest BCUT2D eigenvalue weighted by molar-refractivity contribution is 6.42. The van der Waals surface area contributed by atoms with Crippen LogP contribution < -0.4 is 14.8 Å². The van der Waals surface area contributed by atoms with Gasteiger partial charge in [0, 0.05) is 17.6 Å². The molecule has 0 atom stereocenters. The molecule has 0 aromatic heterocycles. The summed E-state index contributed by atoms with van der Waals surface area (Å²) in [6.45, 7) is 6.77. The Kier molecular flexibility index (Phi) is 11.0. The fourth-order valence-electron chi connectivity index (χ4n) is 2.96. The van der Waals surface area contributed by atoms with Gasteiger partial charge >= 0.3 is 0 Å². The second kappa shape index (κ2) is 13.2. The van der Waals surface area contributed by atoms with E-state index in [1.54, 1.807) is 12.1 Å². The summed E-state index contributed by atoms with van der Waals surface area (Å²) < 4.78 is 11.7. The van der Waals surface area contributed by atoms with E-state index in [-0.39, 0.29) is 0 Å². The summed E-state index contributed by atoms with van der Waals surface area (Å²) in [6.07, 6.45) is 6.33. The van der Waals surface area contributed by atoms with Crippen molar-refractivity contribution in [2.24, 2.45) is 0 Å². The standard InChI is InChI=1S/C23H30Cl3NO2/c1-3-5-6-7-8-11-27-15-18-13-22(28-4-2)23(14-20(18)25)29-16-17-9-10-19(24)21(26)12-17/h9-10,12-14,27H,3-8,11,15-16H2,1-2H3. The Morgan fingerprint density at radius 1 is 0.793 bits per heavy atom. The van der Waals surface area contributed by atoms with Crippen LogP contribution in [-0.2, 0) is 13.2 Å². The van der Waals surface area contributed by atoms with Gasteiger partial charge in [-0.2, -0.15) is 0 Å². The van der Waals surface area contributed by atoms with Crippen LogP contribution in [0.4, 0.5) is 0 Å². The van der Waals surface area contributed by atoms with Crippen molar-refractivity contribution in [3.05, 3.63) is 56.5 Å². The molecule has 1 N–H and O–H groups in total. The molecule has 3 nitrogen and oxygen atoms in total. The quantitative estimate of drug-likeness (QED) is 0.312. The van der Waals surface area contributed by atoms with Crippen molar-refractivity contribution in [3.8, 4) is 11.5 Å². The fourth-order valence-corrected chi connectivity index (χ4v) is 3.50. The maximum absolute atomic E-state index is 6.50. The Labute approximate surface area is 189 Å². The maximum atomic E-state index is 6.50. The zero-order valence-corrected chi connectivity index (χ0v) is 19.5. The topological polar surface area (TPSA) is 30.5 Å². The van der Waals surface area contributed by atoms with Crippen molar-refractivity contribution in [1.29, 1.82) is 0 Å². The van der Waals surface area contributed by atoms with Gasteiger partial charge in [0.1, 0.15) is 6.61 Å². The third-order valence-corrected chi connectivity index (χ3v) is 5.65. The van der Waals surface area contributed by atoms with Gasteiger partial charge in [-0.25, -0.2) is 0 Å². The summed E-state index contributed by atoms with van der Waals surface area (Å²) in [5.41, 5.74) is 1.93. The highest BCUT2D eigenvalue weighted by atomic mass is 35.5. The van der Waals surface area contributed by atoms with E-state index in [9.17, 15) is 0 Å². The summed E-state index contributed by atoms with van der Waals surface area (Å²) in [5.74, 6) is 1.31. The van der Waals surface area contributed by atoms with E-state index in [4.69, 9.17) is 44.3 Å². The van der Waals surface area contributed by atoms with Gasteiger partial charge in [0.25, 0.3) is 0 Å². The lowest BCUT2D eigenvalue weighted by molar-refractivity contribution is 0.269. The molecule has 29 heavy (non-hydrogen) atoms. The van der Waals surface area contributed by atoms with Crippen molar-refractivity contribution in [3.63, 3.8) is 0 Å². The summed E-state index contributed by atoms with van der Waals surface area (Å²) in [5, 5.41) is 5.16. The van der Waals surface area contributed by atoms with Crippen molar-refractivity contribution >= 4 is 34.8 Å². The Balaban J connectivity index is 1.96. The van der Waals surface area contributed by atoms with E-state index in [0.717, 1.165) is 17.7 Å². The predicted octanol–water partition coefficient (Wildman–Crippen LogP) is 7.68. The average Bonchev–Trinajstić information content (AvgIpc) is 2.70. The van der Waals surface area contributed by atoms with Crippen LogP contribution in [0, 0.1) is 0 Å². The van der Waals surface area contributed by atoms with Gasteiger partial charge in [0.2, 0.25) is 0 Å². The summed E-state index contributed by atoms with van der Waals surface area (Å²) in [4.78, 5) is 0. The second-order valence-corrected chi connectivity index (χ2v) is 8.17. The molecule has 0 heterocycles. The second-order valence-electron chi connectivity index (χ2n) is 6.95.